The highest BCUT2D eigenvalue weighted by molar-refractivity contribution is 5.97. The number of oxime groups is 1. The molecule has 2 aromatic carbocycles. The molecular weight excluding hydrogens is 240 g/mol. The number of nitrogens with zero attached hydrogens (tertiary/aromatic N) is 3. The number of para-hydroxylation sites is 2. The summed E-state index contributed by atoms with van der Waals surface area (Å²) in [5.74, 6) is 0.0991. The van der Waals surface area contributed by atoms with Gasteiger partial charge >= 0.3 is 0 Å². The van der Waals surface area contributed by atoms with Crippen molar-refractivity contribution >= 4 is 16.9 Å². The highest BCUT2D eigenvalue weighted by Crippen LogP contribution is 2.18. The lowest BCUT2D eigenvalue weighted by molar-refractivity contribution is 0.318. The summed E-state index contributed by atoms with van der Waals surface area (Å²) in [4.78, 5) is 4.34. The van der Waals surface area contributed by atoms with Crippen molar-refractivity contribution in [3.05, 3.63) is 60.4 Å². The molecule has 0 aliphatic heterocycles. The highest BCUT2D eigenvalue weighted by Gasteiger charge is 2.04. The van der Waals surface area contributed by atoms with Crippen molar-refractivity contribution in [1.82, 2.24) is 9.55 Å². The van der Waals surface area contributed by atoms with Gasteiger partial charge in [-0.3, -0.25) is 4.57 Å². The lowest BCUT2D eigenvalue weighted by Crippen LogP contribution is -2.12. The van der Waals surface area contributed by atoms with Crippen LogP contribution in [0, 0.1) is 0 Å². The lowest BCUT2D eigenvalue weighted by Gasteiger charge is -2.05. The third kappa shape index (κ3) is 1.91. The zero-order valence-electron chi connectivity index (χ0n) is 10.1. The molecular formula is C14H12N4O. The first-order valence-electron chi connectivity index (χ1n) is 5.80. The first-order valence-corrected chi connectivity index (χ1v) is 5.80. The molecule has 0 fully saturated rings. The summed E-state index contributed by atoms with van der Waals surface area (Å²) in [6.45, 7) is 0. The Morgan fingerprint density at radius 1 is 1.11 bits per heavy atom. The third-order valence-electron chi connectivity index (χ3n) is 3.00. The molecule has 94 valence electrons. The van der Waals surface area contributed by atoms with E-state index in [0.717, 1.165) is 16.7 Å². The molecule has 0 aliphatic carbocycles. The van der Waals surface area contributed by atoms with Gasteiger partial charge in [0.2, 0.25) is 0 Å². The van der Waals surface area contributed by atoms with Crippen LogP contribution >= 0.6 is 0 Å². The van der Waals surface area contributed by atoms with E-state index in [1.807, 2.05) is 41.0 Å². The third-order valence-corrected chi connectivity index (χ3v) is 3.00. The molecule has 19 heavy (non-hydrogen) atoms. The van der Waals surface area contributed by atoms with Crippen LogP contribution in [0.25, 0.3) is 16.7 Å². The second-order valence-electron chi connectivity index (χ2n) is 4.14. The van der Waals surface area contributed by atoms with Crippen molar-refractivity contribution < 1.29 is 5.21 Å². The average molecular weight is 252 g/mol. The Hall–Kier alpha value is -2.82. The molecule has 5 nitrogen and oxygen atoms in total. The van der Waals surface area contributed by atoms with Gasteiger partial charge in [-0.25, -0.2) is 4.98 Å². The molecule has 3 aromatic rings. The van der Waals surface area contributed by atoms with Gasteiger partial charge in [0.1, 0.15) is 6.33 Å². The summed E-state index contributed by atoms with van der Waals surface area (Å²) >= 11 is 0. The van der Waals surface area contributed by atoms with Gasteiger partial charge in [-0.05, 0) is 36.4 Å². The largest absolute Gasteiger partial charge is 0.409 e. The molecule has 1 heterocycles. The predicted molar refractivity (Wildman–Crippen MR) is 73.6 cm³/mol. The number of nitrogens with two attached hydrogens (primary N) is 1. The van der Waals surface area contributed by atoms with Gasteiger partial charge in [0.25, 0.3) is 0 Å². The lowest BCUT2D eigenvalue weighted by atomic mass is 10.2. The Bertz CT molecular complexity index is 743. The first-order chi connectivity index (χ1) is 9.29. The minimum absolute atomic E-state index is 0.0991. The fourth-order valence-corrected chi connectivity index (χ4v) is 2.02. The maximum Gasteiger partial charge on any atom is 0.170 e. The molecule has 0 radical (unpaired) electrons. The molecule has 0 saturated carbocycles. The summed E-state index contributed by atoms with van der Waals surface area (Å²) in [5, 5.41) is 11.6. The van der Waals surface area contributed by atoms with Gasteiger partial charge in [-0.1, -0.05) is 17.3 Å². The van der Waals surface area contributed by atoms with E-state index in [9.17, 15) is 0 Å². The zero-order valence-corrected chi connectivity index (χ0v) is 10.1. The minimum Gasteiger partial charge on any atom is -0.409 e. The molecule has 3 N–H and O–H groups in total. The Morgan fingerprint density at radius 3 is 2.58 bits per heavy atom. The van der Waals surface area contributed by atoms with Crippen molar-refractivity contribution in [2.45, 2.75) is 0 Å². The van der Waals surface area contributed by atoms with Gasteiger partial charge in [-0.15, -0.1) is 0 Å². The molecule has 1 aromatic heterocycles. The Morgan fingerprint density at radius 2 is 1.84 bits per heavy atom. The summed E-state index contributed by atoms with van der Waals surface area (Å²) < 4.78 is 1.99. The molecule has 5 heteroatoms. The average Bonchev–Trinajstić information content (AvgIpc) is 2.90. The topological polar surface area (TPSA) is 76.4 Å². The number of imidazole rings is 1. The normalized spacial score (nSPS) is 11.9. The molecule has 0 amide bonds. The van der Waals surface area contributed by atoms with E-state index in [2.05, 4.69) is 10.1 Å². The fraction of sp³-hybridized carbons (Fsp3) is 0. The summed E-state index contributed by atoms with van der Waals surface area (Å²) in [6, 6.07) is 15.3. The highest BCUT2D eigenvalue weighted by atomic mass is 16.4. The van der Waals surface area contributed by atoms with Crippen molar-refractivity contribution in [2.24, 2.45) is 10.9 Å². The molecule has 0 saturated heterocycles. The monoisotopic (exact) mass is 252 g/mol. The maximum absolute atomic E-state index is 8.63. The zero-order chi connectivity index (χ0) is 13.2. The molecule has 0 bridgehead atoms. The Kier molecular flexibility index (Phi) is 2.64. The smallest absolute Gasteiger partial charge is 0.170 e. The fourth-order valence-electron chi connectivity index (χ4n) is 2.02. The summed E-state index contributed by atoms with van der Waals surface area (Å²) in [7, 11) is 0. The number of benzene rings is 2. The van der Waals surface area contributed by atoms with Crippen LogP contribution in [0.4, 0.5) is 0 Å². The van der Waals surface area contributed by atoms with Crippen molar-refractivity contribution in [3.8, 4) is 5.69 Å². The van der Waals surface area contributed by atoms with Crippen molar-refractivity contribution in [2.75, 3.05) is 0 Å². The molecule has 0 spiro atoms. The van der Waals surface area contributed by atoms with Crippen LogP contribution in [0.2, 0.25) is 0 Å². The van der Waals surface area contributed by atoms with Gasteiger partial charge < -0.3 is 10.9 Å². The number of aromatic nitrogens is 2. The van der Waals surface area contributed by atoms with Gasteiger partial charge in [0.05, 0.1) is 11.0 Å². The number of rotatable bonds is 2. The molecule has 3 rings (SSSR count). The van der Waals surface area contributed by atoms with Gasteiger partial charge in [0.15, 0.2) is 5.84 Å². The molecule has 0 unspecified atom stereocenters. The molecule has 0 atom stereocenters. The Balaban J connectivity index is 2.07. The van der Waals surface area contributed by atoms with E-state index < -0.39 is 0 Å². The first kappa shape index (κ1) is 11.3. The number of hydrogen-bond acceptors (Lipinski definition) is 3. The van der Waals surface area contributed by atoms with E-state index in [4.69, 9.17) is 10.9 Å². The number of hydrogen-bond donors (Lipinski definition) is 2. The van der Waals surface area contributed by atoms with E-state index >= 15 is 0 Å². The van der Waals surface area contributed by atoms with Crippen LogP contribution < -0.4 is 5.73 Å². The van der Waals surface area contributed by atoms with E-state index in [1.165, 1.54) is 0 Å². The Labute approximate surface area is 109 Å². The number of amidine groups is 1. The van der Waals surface area contributed by atoms with Gasteiger partial charge in [0, 0.05) is 11.3 Å². The summed E-state index contributed by atoms with van der Waals surface area (Å²) in [6.07, 6.45) is 1.78. The van der Waals surface area contributed by atoms with E-state index in [1.54, 1.807) is 18.5 Å². The SMILES string of the molecule is N/C(=N\O)c1ccc(-n2cnc3ccccc32)cc1. The van der Waals surface area contributed by atoms with Crippen LogP contribution in [0.5, 0.6) is 0 Å². The molecule has 0 aliphatic rings. The van der Waals surface area contributed by atoms with E-state index in [0.29, 0.717) is 5.56 Å². The van der Waals surface area contributed by atoms with Crippen molar-refractivity contribution in [3.63, 3.8) is 0 Å². The van der Waals surface area contributed by atoms with Crippen molar-refractivity contribution in [1.29, 1.82) is 0 Å². The second kappa shape index (κ2) is 4.45. The quantitative estimate of drug-likeness (QED) is 0.317. The van der Waals surface area contributed by atoms with Crippen LogP contribution in [-0.4, -0.2) is 20.6 Å². The predicted octanol–water partition coefficient (Wildman–Crippen LogP) is 2.12. The standard InChI is InChI=1S/C14H12N4O/c15-14(17-19)10-5-7-11(8-6-10)18-9-16-12-3-1-2-4-13(12)18/h1-9,19H,(H2,15,17). The summed E-state index contributed by atoms with van der Waals surface area (Å²) in [5.41, 5.74) is 9.17. The van der Waals surface area contributed by atoms with E-state index in [-0.39, 0.29) is 5.84 Å². The van der Waals surface area contributed by atoms with Crippen LogP contribution in [0.15, 0.2) is 60.0 Å². The maximum atomic E-state index is 8.63. The van der Waals surface area contributed by atoms with Crippen LogP contribution in [0.3, 0.4) is 0 Å². The second-order valence-corrected chi connectivity index (χ2v) is 4.14. The van der Waals surface area contributed by atoms with Crippen LogP contribution in [-0.2, 0) is 0 Å². The van der Waals surface area contributed by atoms with Gasteiger partial charge in [-0.2, -0.15) is 0 Å². The number of fused-ring (bicyclic) bond motifs is 1. The minimum atomic E-state index is 0.0991. The van der Waals surface area contributed by atoms with Crippen LogP contribution in [0.1, 0.15) is 5.56 Å².